The largest absolute Gasteiger partial charge is 0.320 e. The van der Waals surface area contributed by atoms with Crippen LogP contribution in [-0.2, 0) is 0 Å². The Hall–Kier alpha value is -0.400. The maximum Gasteiger partial charge on any atom is 0.256 e. The third kappa shape index (κ3) is 3.13. The molecule has 0 heterocycles. The lowest BCUT2D eigenvalue weighted by Crippen LogP contribution is -2.14. The van der Waals surface area contributed by atoms with Crippen molar-refractivity contribution in [3.8, 4) is 0 Å². The van der Waals surface area contributed by atoms with E-state index in [4.69, 9.17) is 0 Å². The number of benzene rings is 2. The second kappa shape index (κ2) is 6.16. The molecule has 0 radical (unpaired) electrons. The fourth-order valence-corrected chi connectivity index (χ4v) is 3.27. The van der Waals surface area contributed by atoms with Crippen molar-refractivity contribution >= 4 is 66.0 Å². The van der Waals surface area contributed by atoms with Crippen LogP contribution >= 0.6 is 54.5 Å². The van der Waals surface area contributed by atoms with Gasteiger partial charge < -0.3 is 5.32 Å². The lowest BCUT2D eigenvalue weighted by Gasteiger charge is -2.10. The van der Waals surface area contributed by atoms with Crippen molar-refractivity contribution in [3.63, 3.8) is 0 Å². The summed E-state index contributed by atoms with van der Waals surface area (Å²) < 4.78 is 2.61. The molecule has 18 heavy (non-hydrogen) atoms. The van der Waals surface area contributed by atoms with Gasteiger partial charge in [0.05, 0.1) is 11.3 Å². The Balaban J connectivity index is 2.30. The second-order valence-corrected chi connectivity index (χ2v) is 6.40. The molecule has 0 aromatic heterocycles. The number of rotatable bonds is 2. The molecule has 1 amide bonds. The molecule has 5 heteroatoms. The Morgan fingerprint density at radius 3 is 2.22 bits per heavy atom. The fraction of sp³-hybridized carbons (Fsp3) is 0. The lowest BCUT2D eigenvalue weighted by atomic mass is 10.2. The molecule has 0 atom stereocenters. The summed E-state index contributed by atoms with van der Waals surface area (Å²) in [5.74, 6) is -0.118. The molecule has 0 unspecified atom stereocenters. The number of carbonyl (C=O) groups excluding carboxylic acids is 1. The zero-order chi connectivity index (χ0) is 13.1. The van der Waals surface area contributed by atoms with E-state index in [-0.39, 0.29) is 5.91 Å². The first-order valence-electron chi connectivity index (χ1n) is 5.09. The van der Waals surface area contributed by atoms with E-state index in [0.29, 0.717) is 5.56 Å². The van der Waals surface area contributed by atoms with Gasteiger partial charge >= 0.3 is 0 Å². The Morgan fingerprint density at radius 1 is 1.00 bits per heavy atom. The second-order valence-electron chi connectivity index (χ2n) is 3.53. The van der Waals surface area contributed by atoms with E-state index in [2.05, 4.69) is 59.8 Å². The van der Waals surface area contributed by atoms with E-state index >= 15 is 0 Å². The quantitative estimate of drug-likeness (QED) is 0.597. The van der Waals surface area contributed by atoms with Gasteiger partial charge in [-0.15, -0.1) is 0 Å². The predicted octanol–water partition coefficient (Wildman–Crippen LogP) is 5.07. The summed E-state index contributed by atoms with van der Waals surface area (Å²) in [5.41, 5.74) is 1.41. The van der Waals surface area contributed by atoms with Crippen molar-refractivity contribution < 1.29 is 4.79 Å². The van der Waals surface area contributed by atoms with Crippen LogP contribution in [0.25, 0.3) is 0 Å². The van der Waals surface area contributed by atoms with E-state index in [1.165, 1.54) is 0 Å². The van der Waals surface area contributed by atoms with Crippen molar-refractivity contribution in [1.29, 1.82) is 0 Å². The number of carbonyl (C=O) groups is 1. The molecule has 0 saturated heterocycles. The summed E-state index contributed by atoms with van der Waals surface area (Å²) in [5, 5.41) is 2.90. The first-order valence-corrected chi connectivity index (χ1v) is 7.76. The monoisotopic (exact) mass is 479 g/mol. The summed E-state index contributed by atoms with van der Waals surface area (Å²) in [4.78, 5) is 12.2. The first kappa shape index (κ1) is 14.0. The molecule has 0 fully saturated rings. The number of hydrogen-bond acceptors (Lipinski definition) is 1. The zero-order valence-corrected chi connectivity index (χ0v) is 14.4. The van der Waals surface area contributed by atoms with Crippen LogP contribution in [0.5, 0.6) is 0 Å². The minimum atomic E-state index is -0.118. The first-order chi connectivity index (χ1) is 8.59. The van der Waals surface area contributed by atoms with Crippen LogP contribution in [0.1, 0.15) is 10.4 Å². The number of para-hydroxylation sites is 1. The molecular formula is C13H8Br2INO. The Morgan fingerprint density at radius 2 is 1.61 bits per heavy atom. The van der Waals surface area contributed by atoms with Gasteiger partial charge in [-0.1, -0.05) is 18.2 Å². The fourth-order valence-electron chi connectivity index (χ4n) is 1.44. The number of anilines is 1. The molecule has 2 aromatic rings. The van der Waals surface area contributed by atoms with Crippen molar-refractivity contribution in [3.05, 3.63) is 60.5 Å². The normalized spacial score (nSPS) is 10.2. The summed E-state index contributed by atoms with van der Waals surface area (Å²) in [6.07, 6.45) is 0. The third-order valence-electron chi connectivity index (χ3n) is 2.32. The molecule has 2 aromatic carbocycles. The molecule has 1 N–H and O–H groups in total. The summed E-state index contributed by atoms with van der Waals surface area (Å²) in [6, 6.07) is 13.1. The van der Waals surface area contributed by atoms with E-state index in [1.54, 1.807) is 0 Å². The molecule has 0 aliphatic carbocycles. The molecule has 2 nitrogen and oxygen atoms in total. The summed E-state index contributed by atoms with van der Waals surface area (Å²) in [6.45, 7) is 0. The van der Waals surface area contributed by atoms with Gasteiger partial charge in [-0.05, 0) is 78.7 Å². The standard InChI is InChI=1S/C13H8Br2INO/c14-9-5-3-6-10(15)12(9)17-13(18)8-4-1-2-7-11(8)16/h1-7H,(H,17,18). The maximum atomic E-state index is 12.2. The minimum absolute atomic E-state index is 0.118. The Kier molecular flexibility index (Phi) is 4.80. The Bertz CT molecular complexity index is 581. The molecule has 0 bridgehead atoms. The van der Waals surface area contributed by atoms with Crippen LogP contribution in [-0.4, -0.2) is 5.91 Å². The smallest absolute Gasteiger partial charge is 0.256 e. The van der Waals surface area contributed by atoms with E-state index in [0.717, 1.165) is 18.2 Å². The molecule has 0 aliphatic rings. The molecule has 0 spiro atoms. The predicted molar refractivity (Wildman–Crippen MR) is 89.0 cm³/mol. The number of nitrogens with one attached hydrogen (secondary N) is 1. The Labute approximate surface area is 136 Å². The van der Waals surface area contributed by atoms with Crippen LogP contribution in [0.15, 0.2) is 51.4 Å². The topological polar surface area (TPSA) is 29.1 Å². The highest BCUT2D eigenvalue weighted by Crippen LogP contribution is 2.31. The van der Waals surface area contributed by atoms with E-state index < -0.39 is 0 Å². The van der Waals surface area contributed by atoms with Crippen molar-refractivity contribution in [1.82, 2.24) is 0 Å². The highest BCUT2D eigenvalue weighted by atomic mass is 127. The molecule has 0 aliphatic heterocycles. The van der Waals surface area contributed by atoms with Gasteiger partial charge in [0.2, 0.25) is 0 Å². The molecule has 0 saturated carbocycles. The average Bonchev–Trinajstić information content (AvgIpc) is 2.34. The SMILES string of the molecule is O=C(Nc1c(Br)cccc1Br)c1ccccc1I. The summed E-state index contributed by atoms with van der Waals surface area (Å²) >= 11 is 8.99. The van der Waals surface area contributed by atoms with Crippen LogP contribution in [0, 0.1) is 3.57 Å². The number of hydrogen-bond donors (Lipinski definition) is 1. The lowest BCUT2D eigenvalue weighted by molar-refractivity contribution is 0.102. The highest BCUT2D eigenvalue weighted by Gasteiger charge is 2.12. The zero-order valence-electron chi connectivity index (χ0n) is 9.08. The van der Waals surface area contributed by atoms with Crippen LogP contribution < -0.4 is 5.32 Å². The van der Waals surface area contributed by atoms with Gasteiger partial charge in [0, 0.05) is 12.5 Å². The maximum absolute atomic E-state index is 12.2. The van der Waals surface area contributed by atoms with Crippen molar-refractivity contribution in [2.24, 2.45) is 0 Å². The molecule has 2 rings (SSSR count). The summed E-state index contributed by atoms with van der Waals surface area (Å²) in [7, 11) is 0. The molecule has 92 valence electrons. The van der Waals surface area contributed by atoms with E-state index in [1.807, 2.05) is 42.5 Å². The van der Waals surface area contributed by atoms with Gasteiger partial charge in [0.1, 0.15) is 0 Å². The number of halogens is 3. The van der Waals surface area contributed by atoms with Gasteiger partial charge in [-0.2, -0.15) is 0 Å². The van der Waals surface area contributed by atoms with Crippen LogP contribution in [0.2, 0.25) is 0 Å². The number of amides is 1. The van der Waals surface area contributed by atoms with Gasteiger partial charge in [0.25, 0.3) is 5.91 Å². The van der Waals surface area contributed by atoms with Gasteiger partial charge in [0.15, 0.2) is 0 Å². The third-order valence-corrected chi connectivity index (χ3v) is 4.58. The van der Waals surface area contributed by atoms with E-state index in [9.17, 15) is 4.79 Å². The van der Waals surface area contributed by atoms with Gasteiger partial charge in [-0.3, -0.25) is 4.79 Å². The van der Waals surface area contributed by atoms with Crippen molar-refractivity contribution in [2.75, 3.05) is 5.32 Å². The molecular weight excluding hydrogens is 473 g/mol. The minimum Gasteiger partial charge on any atom is -0.320 e. The van der Waals surface area contributed by atoms with Crippen LogP contribution in [0.4, 0.5) is 5.69 Å². The van der Waals surface area contributed by atoms with Crippen molar-refractivity contribution in [2.45, 2.75) is 0 Å². The van der Waals surface area contributed by atoms with Crippen LogP contribution in [0.3, 0.4) is 0 Å². The van der Waals surface area contributed by atoms with Gasteiger partial charge in [-0.25, -0.2) is 0 Å². The highest BCUT2D eigenvalue weighted by molar-refractivity contribution is 14.1. The average molecular weight is 481 g/mol.